The van der Waals surface area contributed by atoms with Crippen LogP contribution in [0.5, 0.6) is 0 Å². The van der Waals surface area contributed by atoms with Crippen LogP contribution in [0.15, 0.2) is 11.2 Å². The maximum absolute atomic E-state index is 11.7. The monoisotopic (exact) mass is 248 g/mol. The first-order valence-electron chi connectivity index (χ1n) is 4.57. The second kappa shape index (κ2) is 4.90. The highest BCUT2D eigenvalue weighted by molar-refractivity contribution is 7.91. The van der Waals surface area contributed by atoms with Gasteiger partial charge in [-0.15, -0.1) is 11.6 Å². The number of alkyl halides is 1. The van der Waals surface area contributed by atoms with Crippen LogP contribution in [0.2, 0.25) is 0 Å². The fourth-order valence-corrected chi connectivity index (χ4v) is 2.73. The lowest BCUT2D eigenvalue weighted by Crippen LogP contribution is -2.12. The van der Waals surface area contributed by atoms with Crippen molar-refractivity contribution in [2.24, 2.45) is 0 Å². The molecule has 0 N–H and O–H groups in total. The van der Waals surface area contributed by atoms with Crippen LogP contribution in [0, 0.1) is 13.8 Å². The van der Waals surface area contributed by atoms with Crippen molar-refractivity contribution in [3.8, 4) is 0 Å². The van der Waals surface area contributed by atoms with E-state index in [4.69, 9.17) is 11.6 Å². The van der Waals surface area contributed by atoms with Crippen LogP contribution in [0.25, 0.3) is 0 Å². The van der Waals surface area contributed by atoms with E-state index in [-0.39, 0.29) is 10.9 Å². The van der Waals surface area contributed by atoms with Crippen LogP contribution in [0.4, 0.5) is 0 Å². The van der Waals surface area contributed by atoms with E-state index in [0.717, 1.165) is 0 Å². The molecule has 1 aromatic heterocycles. The quantitative estimate of drug-likeness (QED) is 0.599. The van der Waals surface area contributed by atoms with Crippen LogP contribution in [0.3, 0.4) is 0 Å². The van der Waals surface area contributed by atoms with Crippen LogP contribution in [0.1, 0.15) is 17.8 Å². The molecule has 0 radical (unpaired) electrons. The molecule has 0 aliphatic rings. The van der Waals surface area contributed by atoms with Crippen molar-refractivity contribution in [1.82, 2.24) is 9.97 Å². The lowest BCUT2D eigenvalue weighted by molar-refractivity contribution is 0.584. The molecule has 0 aliphatic heterocycles. The number of aromatic nitrogens is 2. The second-order valence-corrected chi connectivity index (χ2v) is 5.68. The van der Waals surface area contributed by atoms with Gasteiger partial charge in [0.25, 0.3) is 0 Å². The van der Waals surface area contributed by atoms with E-state index >= 15 is 0 Å². The molecule has 0 fully saturated rings. The molecule has 0 amide bonds. The Bertz CT molecular complexity index is 425. The first-order chi connectivity index (χ1) is 6.95. The van der Waals surface area contributed by atoms with Gasteiger partial charge in [-0.3, -0.25) is 0 Å². The molecule has 4 nitrogen and oxygen atoms in total. The standard InChI is InChI=1S/C9H13ClN2O2S/c1-7-6-8(2)12-9(11-7)15(13,14)5-3-4-10/h6H,3-5H2,1-2H3. The molecule has 0 saturated heterocycles. The largest absolute Gasteiger partial charge is 0.247 e. The van der Waals surface area contributed by atoms with E-state index in [1.807, 2.05) is 0 Å². The average molecular weight is 249 g/mol. The Kier molecular flexibility index (Phi) is 4.04. The lowest BCUT2D eigenvalue weighted by atomic mass is 10.4. The molecule has 0 aromatic carbocycles. The summed E-state index contributed by atoms with van der Waals surface area (Å²) < 4.78 is 23.4. The third-order valence-electron chi connectivity index (χ3n) is 1.79. The molecule has 0 aliphatic carbocycles. The summed E-state index contributed by atoms with van der Waals surface area (Å²) in [5, 5.41) is -0.0925. The summed E-state index contributed by atoms with van der Waals surface area (Å²) in [6.45, 7) is 3.49. The normalized spacial score (nSPS) is 11.7. The number of halogens is 1. The Morgan fingerprint density at radius 2 is 1.80 bits per heavy atom. The molecular weight excluding hydrogens is 236 g/mol. The second-order valence-electron chi connectivity index (χ2n) is 3.29. The number of nitrogens with zero attached hydrogens (tertiary/aromatic N) is 2. The van der Waals surface area contributed by atoms with E-state index in [1.165, 1.54) is 0 Å². The van der Waals surface area contributed by atoms with Gasteiger partial charge in [-0.25, -0.2) is 18.4 Å². The zero-order valence-corrected chi connectivity index (χ0v) is 10.3. The topological polar surface area (TPSA) is 59.9 Å². The highest BCUT2D eigenvalue weighted by atomic mass is 35.5. The molecule has 84 valence electrons. The summed E-state index contributed by atoms with van der Waals surface area (Å²) in [5.41, 5.74) is 1.32. The molecule has 15 heavy (non-hydrogen) atoms. The van der Waals surface area contributed by atoms with Gasteiger partial charge in [-0.2, -0.15) is 0 Å². The first-order valence-corrected chi connectivity index (χ1v) is 6.75. The van der Waals surface area contributed by atoms with Crippen molar-refractivity contribution >= 4 is 21.4 Å². The van der Waals surface area contributed by atoms with Crippen LogP contribution in [-0.4, -0.2) is 30.0 Å². The Balaban J connectivity index is 3.04. The summed E-state index contributed by atoms with van der Waals surface area (Å²) in [5.74, 6) is 0.323. The Labute approximate surface area is 94.6 Å². The zero-order chi connectivity index (χ0) is 11.5. The number of aryl methyl sites for hydroxylation is 2. The Hall–Kier alpha value is -0.680. The minimum Gasteiger partial charge on any atom is -0.224 e. The van der Waals surface area contributed by atoms with Crippen LogP contribution >= 0.6 is 11.6 Å². The van der Waals surface area contributed by atoms with Crippen molar-refractivity contribution in [3.05, 3.63) is 17.5 Å². The van der Waals surface area contributed by atoms with Gasteiger partial charge in [-0.1, -0.05) is 0 Å². The summed E-state index contributed by atoms with van der Waals surface area (Å²) in [7, 11) is -3.37. The summed E-state index contributed by atoms with van der Waals surface area (Å²) in [4.78, 5) is 7.83. The van der Waals surface area contributed by atoms with Crippen molar-refractivity contribution in [1.29, 1.82) is 0 Å². The molecule has 1 rings (SSSR count). The smallest absolute Gasteiger partial charge is 0.224 e. The summed E-state index contributed by atoms with van der Waals surface area (Å²) >= 11 is 5.45. The fraction of sp³-hybridized carbons (Fsp3) is 0.556. The summed E-state index contributed by atoms with van der Waals surface area (Å²) in [6, 6.07) is 1.74. The van der Waals surface area contributed by atoms with E-state index < -0.39 is 9.84 Å². The third-order valence-corrected chi connectivity index (χ3v) is 3.62. The van der Waals surface area contributed by atoms with Crippen LogP contribution < -0.4 is 0 Å². The Morgan fingerprint density at radius 3 is 2.27 bits per heavy atom. The maximum atomic E-state index is 11.7. The third kappa shape index (κ3) is 3.43. The van der Waals surface area contributed by atoms with Crippen LogP contribution in [-0.2, 0) is 9.84 Å². The van der Waals surface area contributed by atoms with Gasteiger partial charge in [0.15, 0.2) is 0 Å². The van der Waals surface area contributed by atoms with Crippen molar-refractivity contribution in [3.63, 3.8) is 0 Å². The molecule has 0 spiro atoms. The molecular formula is C9H13ClN2O2S. The van der Waals surface area contributed by atoms with Gasteiger partial charge in [0.05, 0.1) is 5.75 Å². The SMILES string of the molecule is Cc1cc(C)nc(S(=O)(=O)CCCCl)n1. The highest BCUT2D eigenvalue weighted by Gasteiger charge is 2.17. The first kappa shape index (κ1) is 12.4. The van der Waals surface area contributed by atoms with Crippen molar-refractivity contribution in [2.75, 3.05) is 11.6 Å². The van der Waals surface area contributed by atoms with Gasteiger partial charge >= 0.3 is 0 Å². The minimum atomic E-state index is -3.37. The molecule has 1 heterocycles. The molecule has 0 atom stereocenters. The minimum absolute atomic E-state index is 0.000602. The molecule has 0 unspecified atom stereocenters. The average Bonchev–Trinajstić information content (AvgIpc) is 2.13. The van der Waals surface area contributed by atoms with Gasteiger partial charge in [0.2, 0.25) is 15.0 Å². The van der Waals surface area contributed by atoms with Gasteiger partial charge in [0, 0.05) is 17.3 Å². The molecule has 0 bridgehead atoms. The highest BCUT2D eigenvalue weighted by Crippen LogP contribution is 2.09. The number of hydrogen-bond donors (Lipinski definition) is 0. The fourth-order valence-electron chi connectivity index (χ4n) is 1.17. The van der Waals surface area contributed by atoms with E-state index in [1.54, 1.807) is 19.9 Å². The van der Waals surface area contributed by atoms with Gasteiger partial charge < -0.3 is 0 Å². The van der Waals surface area contributed by atoms with E-state index in [9.17, 15) is 8.42 Å². The molecule has 6 heteroatoms. The zero-order valence-electron chi connectivity index (χ0n) is 8.70. The van der Waals surface area contributed by atoms with Crippen molar-refractivity contribution in [2.45, 2.75) is 25.4 Å². The molecule has 1 aromatic rings. The number of rotatable bonds is 4. The van der Waals surface area contributed by atoms with Crippen molar-refractivity contribution < 1.29 is 8.42 Å². The maximum Gasteiger partial charge on any atom is 0.247 e. The predicted octanol–water partition coefficient (Wildman–Crippen LogP) is 1.50. The molecule has 0 saturated carbocycles. The van der Waals surface area contributed by atoms with Gasteiger partial charge in [0.1, 0.15) is 0 Å². The summed E-state index contributed by atoms with van der Waals surface area (Å²) in [6.07, 6.45) is 0.417. The van der Waals surface area contributed by atoms with E-state index in [2.05, 4.69) is 9.97 Å². The predicted molar refractivity (Wildman–Crippen MR) is 58.9 cm³/mol. The lowest BCUT2D eigenvalue weighted by Gasteiger charge is -2.03. The Morgan fingerprint density at radius 1 is 1.27 bits per heavy atom. The van der Waals surface area contributed by atoms with Gasteiger partial charge in [-0.05, 0) is 26.3 Å². The van der Waals surface area contributed by atoms with E-state index in [0.29, 0.717) is 23.7 Å². The number of sulfone groups is 1. The number of hydrogen-bond acceptors (Lipinski definition) is 4.